The summed E-state index contributed by atoms with van der Waals surface area (Å²) in [5, 5.41) is 7.52. The molecule has 0 aromatic heterocycles. The van der Waals surface area contributed by atoms with Crippen LogP contribution in [0, 0.1) is 0 Å². The second-order valence-corrected chi connectivity index (χ2v) is 8.83. The molecule has 3 aromatic rings. The molecule has 0 saturated heterocycles. The van der Waals surface area contributed by atoms with Crippen LogP contribution in [-0.4, -0.2) is 21.4 Å². The average Bonchev–Trinajstić information content (AvgIpc) is 2.72. The number of ether oxygens (including phenoxy) is 1. The van der Waals surface area contributed by atoms with Gasteiger partial charge < -0.3 is 10.1 Å². The number of nitrogens with one attached hydrogen (secondary N) is 1. The number of anilines is 1. The third-order valence-corrected chi connectivity index (χ3v) is 6.27. The molecule has 0 bridgehead atoms. The number of nitrogens with two attached hydrogens (primary N) is 1. The number of sulfonamides is 1. The first kappa shape index (κ1) is 20.9. The first-order chi connectivity index (χ1) is 13.9. The molecule has 0 heterocycles. The quantitative estimate of drug-likeness (QED) is 0.558. The van der Waals surface area contributed by atoms with Gasteiger partial charge in [0.05, 0.1) is 7.11 Å². The molecule has 3 N–H and O–H groups in total. The van der Waals surface area contributed by atoms with Crippen LogP contribution in [0.4, 0.5) is 5.69 Å². The molecule has 0 radical (unpaired) electrons. The highest BCUT2D eigenvalue weighted by Gasteiger charge is 2.23. The highest BCUT2D eigenvalue weighted by molar-refractivity contribution is 8.00. The number of amides is 1. The Bertz CT molecular complexity index is 1090. The lowest BCUT2D eigenvalue weighted by atomic mass is 10.1. The second kappa shape index (κ2) is 9.13. The maximum atomic E-state index is 13.1. The molecule has 0 aliphatic heterocycles. The van der Waals surface area contributed by atoms with E-state index < -0.39 is 15.3 Å². The number of benzene rings is 3. The van der Waals surface area contributed by atoms with Gasteiger partial charge in [-0.2, -0.15) is 0 Å². The summed E-state index contributed by atoms with van der Waals surface area (Å²) >= 11 is 1.41. The van der Waals surface area contributed by atoms with E-state index in [9.17, 15) is 13.2 Å². The van der Waals surface area contributed by atoms with E-state index in [0.717, 1.165) is 10.5 Å². The van der Waals surface area contributed by atoms with E-state index in [1.807, 2.05) is 60.7 Å². The normalized spacial score (nSPS) is 12.2. The molecule has 29 heavy (non-hydrogen) atoms. The minimum Gasteiger partial charge on any atom is -0.495 e. The Morgan fingerprint density at radius 2 is 1.62 bits per heavy atom. The van der Waals surface area contributed by atoms with Gasteiger partial charge in [-0.25, -0.2) is 13.6 Å². The van der Waals surface area contributed by atoms with Crippen LogP contribution in [0.25, 0.3) is 0 Å². The molecule has 0 fully saturated rings. The number of primary sulfonamides is 1. The van der Waals surface area contributed by atoms with Crippen molar-refractivity contribution in [2.45, 2.75) is 15.0 Å². The van der Waals surface area contributed by atoms with E-state index in [0.29, 0.717) is 5.69 Å². The Labute approximate surface area is 174 Å². The summed E-state index contributed by atoms with van der Waals surface area (Å²) in [5.74, 6) is -0.167. The predicted octanol–water partition coefficient (Wildman–Crippen LogP) is 3.81. The minimum atomic E-state index is -4.01. The first-order valence-electron chi connectivity index (χ1n) is 8.67. The van der Waals surface area contributed by atoms with Crippen LogP contribution in [0.5, 0.6) is 5.75 Å². The van der Waals surface area contributed by atoms with Crippen LogP contribution in [0.15, 0.2) is 88.7 Å². The summed E-state index contributed by atoms with van der Waals surface area (Å²) in [5.41, 5.74) is 1.15. The van der Waals surface area contributed by atoms with Gasteiger partial charge in [-0.1, -0.05) is 48.5 Å². The van der Waals surface area contributed by atoms with Gasteiger partial charge in [0.1, 0.15) is 15.9 Å². The zero-order chi connectivity index (χ0) is 20.9. The van der Waals surface area contributed by atoms with Gasteiger partial charge in [-0.15, -0.1) is 11.8 Å². The molecule has 150 valence electrons. The molecule has 3 rings (SSSR count). The largest absolute Gasteiger partial charge is 0.495 e. The fourth-order valence-corrected chi connectivity index (χ4v) is 4.49. The average molecular weight is 429 g/mol. The van der Waals surface area contributed by atoms with Crippen molar-refractivity contribution in [1.82, 2.24) is 0 Å². The fraction of sp³-hybridized carbons (Fsp3) is 0.0952. The van der Waals surface area contributed by atoms with E-state index >= 15 is 0 Å². The lowest BCUT2D eigenvalue weighted by Crippen LogP contribution is -2.20. The Morgan fingerprint density at radius 3 is 2.21 bits per heavy atom. The smallest absolute Gasteiger partial charge is 0.242 e. The van der Waals surface area contributed by atoms with Gasteiger partial charge in [-0.05, 0) is 35.9 Å². The van der Waals surface area contributed by atoms with Crippen LogP contribution in [-0.2, 0) is 14.8 Å². The molecule has 0 spiro atoms. The number of hydrogen-bond donors (Lipinski definition) is 2. The molecule has 3 aromatic carbocycles. The highest BCUT2D eigenvalue weighted by atomic mass is 32.2. The van der Waals surface area contributed by atoms with Crippen molar-refractivity contribution in [2.24, 2.45) is 5.14 Å². The summed E-state index contributed by atoms with van der Waals surface area (Å²) < 4.78 is 28.7. The fourth-order valence-electron chi connectivity index (χ4n) is 2.72. The van der Waals surface area contributed by atoms with Crippen molar-refractivity contribution in [3.05, 3.63) is 84.4 Å². The van der Waals surface area contributed by atoms with Crippen molar-refractivity contribution < 1.29 is 17.9 Å². The Balaban J connectivity index is 1.91. The van der Waals surface area contributed by atoms with Crippen LogP contribution in [0.2, 0.25) is 0 Å². The lowest BCUT2D eigenvalue weighted by Gasteiger charge is -2.18. The lowest BCUT2D eigenvalue weighted by molar-refractivity contribution is -0.115. The van der Waals surface area contributed by atoms with Crippen molar-refractivity contribution in [3.8, 4) is 5.75 Å². The first-order valence-corrected chi connectivity index (χ1v) is 11.1. The number of thioether (sulfide) groups is 1. The van der Waals surface area contributed by atoms with E-state index in [2.05, 4.69) is 5.32 Å². The molecule has 0 aliphatic carbocycles. The van der Waals surface area contributed by atoms with Crippen LogP contribution >= 0.6 is 11.8 Å². The number of carbonyl (C=O) groups is 1. The number of hydrogen-bond acceptors (Lipinski definition) is 5. The maximum absolute atomic E-state index is 13.1. The van der Waals surface area contributed by atoms with Gasteiger partial charge >= 0.3 is 0 Å². The van der Waals surface area contributed by atoms with E-state index in [1.165, 1.54) is 31.0 Å². The zero-order valence-corrected chi connectivity index (χ0v) is 17.2. The molecule has 0 saturated carbocycles. The van der Waals surface area contributed by atoms with Gasteiger partial charge in [0.15, 0.2) is 0 Å². The zero-order valence-electron chi connectivity index (χ0n) is 15.6. The van der Waals surface area contributed by atoms with E-state index in [-0.39, 0.29) is 16.6 Å². The Morgan fingerprint density at radius 1 is 1.00 bits per heavy atom. The minimum absolute atomic E-state index is 0.115. The molecule has 6 nitrogen and oxygen atoms in total. The molecule has 0 unspecified atom stereocenters. The summed E-state index contributed by atoms with van der Waals surface area (Å²) in [6.45, 7) is 0. The molecular formula is C21H20N2O4S2. The van der Waals surface area contributed by atoms with E-state index in [4.69, 9.17) is 9.88 Å². The van der Waals surface area contributed by atoms with Crippen LogP contribution in [0.1, 0.15) is 10.8 Å². The van der Waals surface area contributed by atoms with E-state index in [1.54, 1.807) is 6.07 Å². The molecule has 0 aliphatic rings. The number of rotatable bonds is 7. The third-order valence-electron chi connectivity index (χ3n) is 4.08. The molecule has 1 atom stereocenters. The van der Waals surface area contributed by atoms with Gasteiger partial charge in [0, 0.05) is 10.6 Å². The molecule has 1 amide bonds. The monoisotopic (exact) mass is 428 g/mol. The summed E-state index contributed by atoms with van der Waals surface area (Å²) in [4.78, 5) is 13.8. The number of carbonyl (C=O) groups excluding carboxylic acids is 1. The van der Waals surface area contributed by atoms with Gasteiger partial charge in [0.25, 0.3) is 0 Å². The second-order valence-electron chi connectivity index (χ2n) is 6.12. The number of methoxy groups -OCH3 is 1. The summed E-state index contributed by atoms with van der Waals surface area (Å²) in [6, 6.07) is 23.3. The summed E-state index contributed by atoms with van der Waals surface area (Å²) in [7, 11) is -2.65. The maximum Gasteiger partial charge on any atom is 0.242 e. The van der Waals surface area contributed by atoms with Gasteiger partial charge in [0.2, 0.25) is 15.9 Å². The predicted molar refractivity (Wildman–Crippen MR) is 114 cm³/mol. The van der Waals surface area contributed by atoms with Crippen molar-refractivity contribution in [2.75, 3.05) is 12.4 Å². The van der Waals surface area contributed by atoms with Crippen LogP contribution in [0.3, 0.4) is 0 Å². The van der Waals surface area contributed by atoms with Crippen molar-refractivity contribution in [3.63, 3.8) is 0 Å². The SMILES string of the molecule is COc1ccc(NC(=O)[C@@H](Sc2ccccc2)c2ccccc2)cc1S(N)(=O)=O. The molecule has 8 heteroatoms. The Hall–Kier alpha value is -2.81. The molecular weight excluding hydrogens is 408 g/mol. The van der Waals surface area contributed by atoms with Crippen molar-refractivity contribution in [1.29, 1.82) is 0 Å². The summed E-state index contributed by atoms with van der Waals surface area (Å²) in [6.07, 6.45) is 0. The van der Waals surface area contributed by atoms with Gasteiger partial charge in [-0.3, -0.25) is 4.79 Å². The van der Waals surface area contributed by atoms with Crippen molar-refractivity contribution >= 4 is 33.4 Å². The highest BCUT2D eigenvalue weighted by Crippen LogP contribution is 2.36. The topological polar surface area (TPSA) is 98.5 Å². The Kier molecular flexibility index (Phi) is 6.58. The third kappa shape index (κ3) is 5.38. The van der Waals surface area contributed by atoms with Crippen LogP contribution < -0.4 is 15.2 Å². The standard InChI is InChI=1S/C21H20N2O4S2/c1-27-18-13-12-16(14-19(18)29(22,25)26)23-21(24)20(15-8-4-2-5-9-15)28-17-10-6-3-7-11-17/h2-14,20H,1H3,(H,23,24)(H2,22,25,26)/t20-/m0/s1.